The van der Waals surface area contributed by atoms with Crippen molar-refractivity contribution < 1.29 is 27.5 Å². The number of nitrogens with zero attached hydrogens (tertiary/aromatic N) is 2. The number of ether oxygens (including phenoxy) is 2. The van der Waals surface area contributed by atoms with E-state index in [1.165, 1.54) is 10.4 Å². The summed E-state index contributed by atoms with van der Waals surface area (Å²) < 4.78 is 38.2. The molecular weight excluding hydrogens is 446 g/mol. The topological polar surface area (TPSA) is 105 Å². The van der Waals surface area contributed by atoms with Gasteiger partial charge in [0.05, 0.1) is 29.4 Å². The first kappa shape index (κ1) is 25.5. The molecule has 2 fully saturated rings. The highest BCUT2D eigenvalue weighted by atomic mass is 32.2. The lowest BCUT2D eigenvalue weighted by Gasteiger charge is -2.31. The molecule has 0 aromatic heterocycles. The van der Waals surface area contributed by atoms with E-state index in [0.29, 0.717) is 18.9 Å². The third-order valence-corrected chi connectivity index (χ3v) is 8.08. The predicted molar refractivity (Wildman–Crippen MR) is 125 cm³/mol. The Balaban J connectivity index is 1.85. The van der Waals surface area contributed by atoms with Gasteiger partial charge in [-0.15, -0.1) is 0 Å². The van der Waals surface area contributed by atoms with Gasteiger partial charge in [-0.2, -0.15) is 4.31 Å². The molecule has 1 N–H and O–H groups in total. The molecule has 0 atom stereocenters. The van der Waals surface area contributed by atoms with Crippen molar-refractivity contribution in [1.29, 1.82) is 0 Å². The Labute approximate surface area is 196 Å². The van der Waals surface area contributed by atoms with Crippen LogP contribution in [0.2, 0.25) is 0 Å². The summed E-state index contributed by atoms with van der Waals surface area (Å²) in [6.07, 6.45) is 3.84. The van der Waals surface area contributed by atoms with Gasteiger partial charge in [0.2, 0.25) is 10.0 Å². The largest absolute Gasteiger partial charge is 0.452 e. The Morgan fingerprint density at radius 2 is 1.76 bits per heavy atom. The molecule has 1 aromatic rings. The molecule has 1 aromatic carbocycles. The number of hydrogen-bond acceptors (Lipinski definition) is 7. The molecule has 2 aliphatic rings. The maximum absolute atomic E-state index is 13.1. The second-order valence-electron chi connectivity index (χ2n) is 9.10. The summed E-state index contributed by atoms with van der Waals surface area (Å²) in [5, 5.41) is 2.83. The van der Waals surface area contributed by atoms with Crippen LogP contribution in [0, 0.1) is 0 Å². The molecule has 33 heavy (non-hydrogen) atoms. The fraction of sp³-hybridized carbons (Fsp3) is 0.652. The van der Waals surface area contributed by atoms with E-state index in [-0.39, 0.29) is 23.5 Å². The number of hydrogen-bond donors (Lipinski definition) is 1. The number of benzene rings is 1. The average Bonchev–Trinajstić information content (AvgIpc) is 2.83. The lowest BCUT2D eigenvalue weighted by molar-refractivity contribution is -0.125. The van der Waals surface area contributed by atoms with Crippen LogP contribution in [-0.4, -0.2) is 76.1 Å². The van der Waals surface area contributed by atoms with Gasteiger partial charge in [-0.1, -0.05) is 6.92 Å². The number of amides is 1. The van der Waals surface area contributed by atoms with Gasteiger partial charge in [-0.25, -0.2) is 13.2 Å². The Morgan fingerprint density at radius 1 is 1.09 bits per heavy atom. The highest BCUT2D eigenvalue weighted by Crippen LogP contribution is 2.29. The lowest BCUT2D eigenvalue weighted by atomic mass is 10.0. The number of rotatable bonds is 8. The zero-order valence-electron chi connectivity index (χ0n) is 19.8. The van der Waals surface area contributed by atoms with Crippen molar-refractivity contribution in [3.05, 3.63) is 23.8 Å². The fourth-order valence-corrected chi connectivity index (χ4v) is 5.33. The molecule has 10 heteroatoms. The van der Waals surface area contributed by atoms with Crippen molar-refractivity contribution in [2.45, 2.75) is 56.9 Å². The molecule has 0 unspecified atom stereocenters. The maximum atomic E-state index is 13.1. The number of piperidine rings is 1. The Morgan fingerprint density at radius 3 is 2.39 bits per heavy atom. The first-order valence-electron chi connectivity index (χ1n) is 11.6. The minimum atomic E-state index is -3.78. The van der Waals surface area contributed by atoms with E-state index in [1.54, 1.807) is 12.1 Å². The predicted octanol–water partition coefficient (Wildman–Crippen LogP) is 2.16. The van der Waals surface area contributed by atoms with Gasteiger partial charge in [0.1, 0.15) is 0 Å². The van der Waals surface area contributed by atoms with Crippen LogP contribution in [0.15, 0.2) is 23.1 Å². The summed E-state index contributed by atoms with van der Waals surface area (Å²) >= 11 is 0. The third-order valence-electron chi connectivity index (χ3n) is 6.19. The smallest absolute Gasteiger partial charge is 0.340 e. The van der Waals surface area contributed by atoms with Crippen LogP contribution in [0.1, 0.15) is 56.8 Å². The first-order chi connectivity index (χ1) is 15.6. The second kappa shape index (κ2) is 10.8. The van der Waals surface area contributed by atoms with Gasteiger partial charge in [0.25, 0.3) is 5.91 Å². The zero-order chi connectivity index (χ0) is 24.1. The molecule has 1 amide bonds. The second-order valence-corrected chi connectivity index (χ2v) is 11.0. The first-order valence-corrected chi connectivity index (χ1v) is 13.0. The summed E-state index contributed by atoms with van der Waals surface area (Å²) in [5.41, 5.74) is 0.387. The molecule has 2 heterocycles. The number of esters is 1. The van der Waals surface area contributed by atoms with Crippen molar-refractivity contribution in [3.8, 4) is 0 Å². The van der Waals surface area contributed by atoms with Crippen LogP contribution in [0.4, 0.5) is 5.69 Å². The number of sulfonamides is 1. The van der Waals surface area contributed by atoms with Crippen molar-refractivity contribution in [1.82, 2.24) is 9.62 Å². The van der Waals surface area contributed by atoms with Crippen LogP contribution in [0.25, 0.3) is 0 Å². The van der Waals surface area contributed by atoms with Gasteiger partial charge < -0.3 is 19.7 Å². The van der Waals surface area contributed by atoms with E-state index < -0.39 is 34.0 Å². The van der Waals surface area contributed by atoms with E-state index in [1.807, 2.05) is 20.8 Å². The molecule has 0 spiro atoms. The highest BCUT2D eigenvalue weighted by Gasteiger charge is 2.29. The van der Waals surface area contributed by atoms with Gasteiger partial charge in [-0.3, -0.25) is 4.79 Å². The average molecular weight is 482 g/mol. The van der Waals surface area contributed by atoms with Gasteiger partial charge in [0.15, 0.2) is 6.61 Å². The Kier molecular flexibility index (Phi) is 8.36. The molecule has 184 valence electrons. The molecule has 9 nitrogen and oxygen atoms in total. The molecule has 2 aliphatic heterocycles. The van der Waals surface area contributed by atoms with Crippen LogP contribution >= 0.6 is 0 Å². The molecule has 0 radical (unpaired) electrons. The van der Waals surface area contributed by atoms with Crippen molar-refractivity contribution >= 4 is 27.6 Å². The van der Waals surface area contributed by atoms with Gasteiger partial charge in [0, 0.05) is 31.7 Å². The lowest BCUT2D eigenvalue weighted by Crippen LogP contribution is -2.44. The summed E-state index contributed by atoms with van der Waals surface area (Å²) in [5.74, 6) is -1.11. The van der Waals surface area contributed by atoms with E-state index in [9.17, 15) is 18.0 Å². The van der Waals surface area contributed by atoms with E-state index in [0.717, 1.165) is 38.8 Å². The van der Waals surface area contributed by atoms with Crippen molar-refractivity contribution in [2.24, 2.45) is 0 Å². The molecule has 3 rings (SSSR count). The quantitative estimate of drug-likeness (QED) is 0.567. The fourth-order valence-electron chi connectivity index (χ4n) is 3.90. The number of morpholine rings is 1. The van der Waals surface area contributed by atoms with Crippen LogP contribution in [0.5, 0.6) is 0 Å². The van der Waals surface area contributed by atoms with Gasteiger partial charge in [-0.05, 0) is 57.7 Å². The van der Waals surface area contributed by atoms with E-state index in [2.05, 4.69) is 10.2 Å². The molecular formula is C23H35N3O6S. The number of carbonyl (C=O) groups is 2. The summed E-state index contributed by atoms with van der Waals surface area (Å²) in [6.45, 7) is 8.07. The van der Waals surface area contributed by atoms with Crippen molar-refractivity contribution in [3.63, 3.8) is 0 Å². The van der Waals surface area contributed by atoms with Crippen LogP contribution in [-0.2, 0) is 24.3 Å². The molecule has 0 saturated carbocycles. The third kappa shape index (κ3) is 6.45. The summed E-state index contributed by atoms with van der Waals surface area (Å²) in [7, 11) is -3.78. The number of nitrogens with one attached hydrogen (secondary N) is 1. The normalized spacial score (nSPS) is 18.1. The Bertz CT molecular complexity index is 951. The van der Waals surface area contributed by atoms with E-state index >= 15 is 0 Å². The highest BCUT2D eigenvalue weighted by molar-refractivity contribution is 7.89. The molecule has 0 aliphatic carbocycles. The summed E-state index contributed by atoms with van der Waals surface area (Å²) in [6, 6.07) is 4.60. The minimum absolute atomic E-state index is 0.0358. The molecule has 0 bridgehead atoms. The Hall–Kier alpha value is -2.17. The standard InChI is InChI=1S/C23H35N3O6S/c1-4-23(2,3)24-21(27)17-32-22(28)19-16-18(33(29,30)26-12-14-31-15-13-26)8-9-20(19)25-10-6-5-7-11-25/h8-9,16H,4-7,10-15,17H2,1-3H3,(H,24,27). The van der Waals surface area contributed by atoms with Gasteiger partial charge >= 0.3 is 5.97 Å². The van der Waals surface area contributed by atoms with Crippen LogP contribution in [0.3, 0.4) is 0 Å². The molecule has 2 saturated heterocycles. The van der Waals surface area contributed by atoms with E-state index in [4.69, 9.17) is 9.47 Å². The number of carbonyl (C=O) groups excluding carboxylic acids is 2. The summed E-state index contributed by atoms with van der Waals surface area (Å²) in [4.78, 5) is 27.4. The minimum Gasteiger partial charge on any atom is -0.452 e. The zero-order valence-corrected chi connectivity index (χ0v) is 20.6. The van der Waals surface area contributed by atoms with Crippen molar-refractivity contribution in [2.75, 3.05) is 50.9 Å². The maximum Gasteiger partial charge on any atom is 0.340 e. The number of anilines is 1. The monoisotopic (exact) mass is 481 g/mol. The van der Waals surface area contributed by atoms with Crippen LogP contribution < -0.4 is 10.2 Å². The SMILES string of the molecule is CCC(C)(C)NC(=O)COC(=O)c1cc(S(=O)(=O)N2CCOCC2)ccc1N1CCCCC1.